The highest BCUT2D eigenvalue weighted by Gasteiger charge is 1.97. The summed E-state index contributed by atoms with van der Waals surface area (Å²) in [6.07, 6.45) is 1.10. The first-order valence-electron chi connectivity index (χ1n) is 5.70. The topological polar surface area (TPSA) is 12.0 Å². The van der Waals surface area contributed by atoms with Crippen molar-refractivity contribution in [3.05, 3.63) is 54.1 Å². The van der Waals surface area contributed by atoms with E-state index in [1.807, 2.05) is 7.05 Å². The minimum atomic E-state index is 1.10. The molecule has 0 fully saturated rings. The van der Waals surface area contributed by atoms with Gasteiger partial charge in [0.2, 0.25) is 0 Å². The smallest absolute Gasteiger partial charge is 0.0337 e. The first-order chi connectivity index (χ1) is 7.83. The zero-order chi connectivity index (χ0) is 11.4. The predicted octanol–water partition coefficient (Wildman–Crippen LogP) is 3.96. The van der Waals surface area contributed by atoms with E-state index in [-0.39, 0.29) is 0 Å². The number of anilines is 1. The molecule has 0 aliphatic heterocycles. The molecule has 1 nitrogen and oxygen atoms in total. The van der Waals surface area contributed by atoms with Gasteiger partial charge in [0.25, 0.3) is 0 Å². The van der Waals surface area contributed by atoms with Crippen LogP contribution in [0.5, 0.6) is 0 Å². The van der Waals surface area contributed by atoms with Crippen LogP contribution in [0.1, 0.15) is 12.5 Å². The molecule has 2 rings (SSSR count). The van der Waals surface area contributed by atoms with Crippen molar-refractivity contribution in [2.24, 2.45) is 0 Å². The quantitative estimate of drug-likeness (QED) is 0.810. The maximum absolute atomic E-state index is 3.12. The van der Waals surface area contributed by atoms with Crippen LogP contribution in [0.15, 0.2) is 48.5 Å². The highest BCUT2D eigenvalue weighted by molar-refractivity contribution is 5.66. The lowest BCUT2D eigenvalue weighted by atomic mass is 10.0. The molecule has 1 N–H and O–H groups in total. The van der Waals surface area contributed by atoms with Gasteiger partial charge in [-0.05, 0) is 35.2 Å². The van der Waals surface area contributed by atoms with E-state index < -0.39 is 0 Å². The first kappa shape index (κ1) is 10.7. The van der Waals surface area contributed by atoms with Crippen LogP contribution in [0.25, 0.3) is 11.1 Å². The molecule has 2 aromatic rings. The number of hydrogen-bond acceptors (Lipinski definition) is 1. The molecule has 0 aromatic heterocycles. The van der Waals surface area contributed by atoms with Gasteiger partial charge in [-0.25, -0.2) is 0 Å². The van der Waals surface area contributed by atoms with Crippen molar-refractivity contribution < 1.29 is 0 Å². The molecule has 0 saturated heterocycles. The number of hydrogen-bond donors (Lipinski definition) is 1. The summed E-state index contributed by atoms with van der Waals surface area (Å²) in [7, 11) is 1.94. The van der Waals surface area contributed by atoms with E-state index >= 15 is 0 Å². The number of aryl methyl sites for hydroxylation is 1. The van der Waals surface area contributed by atoms with Gasteiger partial charge >= 0.3 is 0 Å². The Bertz CT molecular complexity index is 394. The van der Waals surface area contributed by atoms with E-state index in [2.05, 4.69) is 60.8 Å². The summed E-state index contributed by atoms with van der Waals surface area (Å²) in [5.41, 5.74) is 5.08. The molecule has 0 amide bonds. The third-order valence-electron chi connectivity index (χ3n) is 2.87. The van der Waals surface area contributed by atoms with Crippen LogP contribution < -0.4 is 5.32 Å². The zero-order valence-electron chi connectivity index (χ0n) is 9.83. The lowest BCUT2D eigenvalue weighted by molar-refractivity contribution is 1.14. The van der Waals surface area contributed by atoms with Crippen LogP contribution in [0.4, 0.5) is 5.69 Å². The van der Waals surface area contributed by atoms with Gasteiger partial charge in [0.05, 0.1) is 0 Å². The van der Waals surface area contributed by atoms with Crippen molar-refractivity contribution in [2.75, 3.05) is 12.4 Å². The molecule has 0 heterocycles. The van der Waals surface area contributed by atoms with Crippen molar-refractivity contribution in [1.82, 2.24) is 0 Å². The summed E-state index contributed by atoms with van der Waals surface area (Å²) in [4.78, 5) is 0. The fraction of sp³-hybridized carbons (Fsp3) is 0.200. The summed E-state index contributed by atoms with van der Waals surface area (Å²) in [6.45, 7) is 2.18. The Kier molecular flexibility index (Phi) is 3.25. The van der Waals surface area contributed by atoms with Gasteiger partial charge in [-0.2, -0.15) is 0 Å². The van der Waals surface area contributed by atoms with Crippen LogP contribution in [-0.2, 0) is 6.42 Å². The first-order valence-corrected chi connectivity index (χ1v) is 5.70. The minimum absolute atomic E-state index is 1.10. The third-order valence-corrected chi connectivity index (χ3v) is 2.87. The maximum atomic E-state index is 3.12. The molecule has 0 aliphatic rings. The summed E-state index contributed by atoms with van der Waals surface area (Å²) in [6, 6.07) is 17.3. The van der Waals surface area contributed by atoms with Gasteiger partial charge in [0, 0.05) is 12.7 Å². The molecule has 0 bridgehead atoms. The molecule has 0 radical (unpaired) electrons. The van der Waals surface area contributed by atoms with Crippen LogP contribution >= 0.6 is 0 Å². The SMILES string of the molecule is CCc1ccc(-c2ccc(NC)cc2)cc1. The molecule has 1 heteroatoms. The van der Waals surface area contributed by atoms with Gasteiger partial charge in [0.1, 0.15) is 0 Å². The van der Waals surface area contributed by atoms with Crippen LogP contribution in [-0.4, -0.2) is 7.05 Å². The molecule has 0 atom stereocenters. The molecule has 16 heavy (non-hydrogen) atoms. The Labute approximate surface area is 97.1 Å². The molecule has 0 spiro atoms. The number of rotatable bonds is 3. The Balaban J connectivity index is 2.28. The second kappa shape index (κ2) is 4.84. The van der Waals surface area contributed by atoms with Gasteiger partial charge < -0.3 is 5.32 Å². The van der Waals surface area contributed by atoms with Crippen molar-refractivity contribution in [1.29, 1.82) is 0 Å². The average molecular weight is 211 g/mol. The van der Waals surface area contributed by atoms with E-state index in [1.54, 1.807) is 0 Å². The van der Waals surface area contributed by atoms with Gasteiger partial charge in [-0.15, -0.1) is 0 Å². The minimum Gasteiger partial charge on any atom is -0.388 e. The van der Waals surface area contributed by atoms with E-state index in [4.69, 9.17) is 0 Å². The fourth-order valence-corrected chi connectivity index (χ4v) is 1.76. The Morgan fingerprint density at radius 1 is 0.812 bits per heavy atom. The van der Waals surface area contributed by atoms with E-state index in [1.165, 1.54) is 16.7 Å². The summed E-state index contributed by atoms with van der Waals surface area (Å²) in [5, 5.41) is 3.12. The van der Waals surface area contributed by atoms with Gasteiger partial charge in [-0.3, -0.25) is 0 Å². The molecule has 0 saturated carbocycles. The highest BCUT2D eigenvalue weighted by atomic mass is 14.8. The molecular formula is C15H17N. The van der Waals surface area contributed by atoms with Crippen LogP contribution in [0.3, 0.4) is 0 Å². The zero-order valence-corrected chi connectivity index (χ0v) is 9.83. The lowest BCUT2D eigenvalue weighted by Gasteiger charge is -2.05. The lowest BCUT2D eigenvalue weighted by Crippen LogP contribution is -1.87. The van der Waals surface area contributed by atoms with E-state index in [9.17, 15) is 0 Å². The second-order valence-corrected chi connectivity index (χ2v) is 3.88. The molecular weight excluding hydrogens is 194 g/mol. The van der Waals surface area contributed by atoms with E-state index in [0.29, 0.717) is 0 Å². The van der Waals surface area contributed by atoms with Gasteiger partial charge in [0.15, 0.2) is 0 Å². The van der Waals surface area contributed by atoms with Crippen LogP contribution in [0, 0.1) is 0 Å². The molecule has 0 unspecified atom stereocenters. The Hall–Kier alpha value is -1.76. The maximum Gasteiger partial charge on any atom is 0.0337 e. The molecule has 0 aliphatic carbocycles. The van der Waals surface area contributed by atoms with E-state index in [0.717, 1.165) is 12.1 Å². The largest absolute Gasteiger partial charge is 0.388 e. The molecule has 2 aromatic carbocycles. The van der Waals surface area contributed by atoms with Crippen molar-refractivity contribution in [3.8, 4) is 11.1 Å². The average Bonchev–Trinajstić information content (AvgIpc) is 2.39. The number of nitrogens with one attached hydrogen (secondary N) is 1. The van der Waals surface area contributed by atoms with Crippen LogP contribution in [0.2, 0.25) is 0 Å². The second-order valence-electron chi connectivity index (χ2n) is 3.88. The summed E-state index contributed by atoms with van der Waals surface area (Å²) < 4.78 is 0. The van der Waals surface area contributed by atoms with Crippen molar-refractivity contribution in [2.45, 2.75) is 13.3 Å². The summed E-state index contributed by atoms with van der Waals surface area (Å²) >= 11 is 0. The Morgan fingerprint density at radius 2 is 1.31 bits per heavy atom. The Morgan fingerprint density at radius 3 is 1.75 bits per heavy atom. The third kappa shape index (κ3) is 2.25. The molecule has 82 valence electrons. The normalized spacial score (nSPS) is 10.1. The fourth-order valence-electron chi connectivity index (χ4n) is 1.76. The summed E-state index contributed by atoms with van der Waals surface area (Å²) in [5.74, 6) is 0. The van der Waals surface area contributed by atoms with Crippen molar-refractivity contribution >= 4 is 5.69 Å². The highest BCUT2D eigenvalue weighted by Crippen LogP contribution is 2.21. The van der Waals surface area contributed by atoms with Crippen molar-refractivity contribution in [3.63, 3.8) is 0 Å². The van der Waals surface area contributed by atoms with Gasteiger partial charge in [-0.1, -0.05) is 43.3 Å². The number of benzene rings is 2. The monoisotopic (exact) mass is 211 g/mol. The standard InChI is InChI=1S/C15H17N/c1-3-12-4-6-13(7-5-12)14-8-10-15(16-2)11-9-14/h4-11,16H,3H2,1-2H3. The predicted molar refractivity (Wildman–Crippen MR) is 70.8 cm³/mol.